The van der Waals surface area contributed by atoms with Gasteiger partial charge in [0.1, 0.15) is 0 Å². The van der Waals surface area contributed by atoms with Gasteiger partial charge in [0.15, 0.2) is 5.13 Å². The highest BCUT2D eigenvalue weighted by Crippen LogP contribution is 2.35. The fraction of sp³-hybridized carbons (Fsp3) is 0.130. The number of amides is 1. The highest BCUT2D eigenvalue weighted by Gasteiger charge is 2.23. The molecule has 6 nitrogen and oxygen atoms in total. The molecular formula is C23H19N3O3S2. The number of para-hydroxylation sites is 1. The summed E-state index contributed by atoms with van der Waals surface area (Å²) in [6.45, 7) is 0.333. The van der Waals surface area contributed by atoms with E-state index in [2.05, 4.69) is 4.98 Å². The number of esters is 1. The quantitative estimate of drug-likeness (QED) is 0.303. The van der Waals surface area contributed by atoms with Gasteiger partial charge in [-0.1, -0.05) is 23.5 Å². The molecule has 0 aliphatic rings. The van der Waals surface area contributed by atoms with Crippen molar-refractivity contribution in [3.8, 4) is 0 Å². The van der Waals surface area contributed by atoms with Crippen LogP contribution in [0.4, 0.5) is 5.13 Å². The first kappa shape index (κ1) is 21.0. The van der Waals surface area contributed by atoms with Gasteiger partial charge in [0.2, 0.25) is 0 Å². The third kappa shape index (κ3) is 4.45. The van der Waals surface area contributed by atoms with E-state index in [0.717, 1.165) is 20.7 Å². The number of thiazole rings is 1. The lowest BCUT2D eigenvalue weighted by Crippen LogP contribution is -2.30. The Morgan fingerprint density at radius 3 is 2.52 bits per heavy atom. The summed E-state index contributed by atoms with van der Waals surface area (Å²) in [5.41, 5.74) is 2.63. The second kappa shape index (κ2) is 9.28. The number of anilines is 1. The van der Waals surface area contributed by atoms with Gasteiger partial charge in [-0.25, -0.2) is 9.78 Å². The normalized spacial score (nSPS) is 10.8. The number of hydrogen-bond donors (Lipinski definition) is 0. The van der Waals surface area contributed by atoms with Crippen LogP contribution in [0.3, 0.4) is 0 Å². The first-order valence-corrected chi connectivity index (χ1v) is 11.5. The van der Waals surface area contributed by atoms with E-state index < -0.39 is 5.97 Å². The minimum atomic E-state index is -0.443. The van der Waals surface area contributed by atoms with Crippen LogP contribution in [0.2, 0.25) is 0 Å². The molecule has 0 atom stereocenters. The van der Waals surface area contributed by atoms with E-state index in [0.29, 0.717) is 22.8 Å². The molecule has 0 aliphatic carbocycles. The smallest absolute Gasteiger partial charge is 0.337 e. The number of benzene rings is 2. The van der Waals surface area contributed by atoms with Gasteiger partial charge in [-0.15, -0.1) is 11.8 Å². The van der Waals surface area contributed by atoms with Gasteiger partial charge in [-0.3, -0.25) is 14.7 Å². The van der Waals surface area contributed by atoms with Crippen molar-refractivity contribution >= 4 is 50.3 Å². The number of aromatic nitrogens is 2. The van der Waals surface area contributed by atoms with Crippen molar-refractivity contribution in [1.82, 2.24) is 9.97 Å². The molecule has 156 valence electrons. The van der Waals surface area contributed by atoms with Crippen LogP contribution in [0.15, 0.2) is 71.9 Å². The van der Waals surface area contributed by atoms with E-state index >= 15 is 0 Å². The predicted molar refractivity (Wildman–Crippen MR) is 124 cm³/mol. The van der Waals surface area contributed by atoms with Gasteiger partial charge < -0.3 is 4.74 Å². The van der Waals surface area contributed by atoms with Gasteiger partial charge in [-0.05, 0) is 54.3 Å². The van der Waals surface area contributed by atoms with Crippen molar-refractivity contribution in [1.29, 1.82) is 0 Å². The molecule has 4 rings (SSSR count). The lowest BCUT2D eigenvalue weighted by Gasteiger charge is -2.20. The Labute approximate surface area is 187 Å². The summed E-state index contributed by atoms with van der Waals surface area (Å²) in [6.07, 6.45) is 5.44. The highest BCUT2D eigenvalue weighted by atomic mass is 32.2. The maximum absolute atomic E-state index is 13.5. The Hall–Kier alpha value is -3.23. The van der Waals surface area contributed by atoms with Crippen LogP contribution in [-0.4, -0.2) is 35.2 Å². The van der Waals surface area contributed by atoms with Crippen molar-refractivity contribution in [2.75, 3.05) is 18.3 Å². The molecule has 1 amide bonds. The standard InChI is InChI=1S/C23H19N3O3S2/c1-29-22(28)17-10-8-16(9-11-17)21(27)26(14-15-5-4-12-24-13-15)23-25-20-18(30-2)6-3-7-19(20)31-23/h3-13H,14H2,1-2H3. The number of fused-ring (bicyclic) bond motifs is 1. The average Bonchev–Trinajstić information content (AvgIpc) is 3.26. The van der Waals surface area contributed by atoms with E-state index in [1.807, 2.05) is 36.6 Å². The topological polar surface area (TPSA) is 72.4 Å². The molecule has 2 aromatic carbocycles. The van der Waals surface area contributed by atoms with Crippen molar-refractivity contribution in [3.05, 3.63) is 83.7 Å². The minimum Gasteiger partial charge on any atom is -0.465 e. The minimum absolute atomic E-state index is 0.204. The maximum Gasteiger partial charge on any atom is 0.337 e. The van der Waals surface area contributed by atoms with Crippen LogP contribution >= 0.6 is 23.1 Å². The third-order valence-corrected chi connectivity index (χ3v) is 6.50. The fourth-order valence-electron chi connectivity index (χ4n) is 3.11. The highest BCUT2D eigenvalue weighted by molar-refractivity contribution is 7.98. The first-order chi connectivity index (χ1) is 15.1. The molecular weight excluding hydrogens is 430 g/mol. The summed E-state index contributed by atoms with van der Waals surface area (Å²) in [6, 6.07) is 16.2. The molecule has 0 spiro atoms. The van der Waals surface area contributed by atoms with E-state index in [1.165, 1.54) is 18.4 Å². The van der Waals surface area contributed by atoms with Crippen molar-refractivity contribution < 1.29 is 14.3 Å². The Morgan fingerprint density at radius 2 is 1.84 bits per heavy atom. The molecule has 0 saturated heterocycles. The van der Waals surface area contributed by atoms with Crippen LogP contribution < -0.4 is 4.90 Å². The lowest BCUT2D eigenvalue weighted by atomic mass is 10.1. The molecule has 8 heteroatoms. The second-order valence-electron chi connectivity index (χ2n) is 6.62. The SMILES string of the molecule is COC(=O)c1ccc(C(=O)N(Cc2cccnc2)c2nc3c(SC)cccc3s2)cc1. The zero-order valence-corrected chi connectivity index (χ0v) is 18.6. The summed E-state index contributed by atoms with van der Waals surface area (Å²) >= 11 is 3.10. The number of carbonyl (C=O) groups is 2. The average molecular weight is 450 g/mol. The number of carbonyl (C=O) groups excluding carboxylic acids is 2. The molecule has 2 aromatic heterocycles. The van der Waals surface area contributed by atoms with Crippen LogP contribution in [0.5, 0.6) is 0 Å². The number of ether oxygens (including phenoxy) is 1. The number of pyridine rings is 1. The van der Waals surface area contributed by atoms with Crippen LogP contribution in [0.1, 0.15) is 26.3 Å². The summed E-state index contributed by atoms with van der Waals surface area (Å²) < 4.78 is 5.76. The molecule has 0 fully saturated rings. The summed E-state index contributed by atoms with van der Waals surface area (Å²) in [7, 11) is 1.33. The second-order valence-corrected chi connectivity index (χ2v) is 8.48. The lowest BCUT2D eigenvalue weighted by molar-refractivity contribution is 0.0600. The van der Waals surface area contributed by atoms with Crippen LogP contribution in [-0.2, 0) is 11.3 Å². The summed E-state index contributed by atoms with van der Waals surface area (Å²) in [5.74, 6) is -0.646. The summed E-state index contributed by atoms with van der Waals surface area (Å²) in [4.78, 5) is 36.9. The Balaban J connectivity index is 1.74. The number of thioether (sulfide) groups is 1. The van der Waals surface area contributed by atoms with E-state index in [-0.39, 0.29) is 5.91 Å². The predicted octanol–water partition coefficient (Wildman–Crippen LogP) is 5.05. The monoisotopic (exact) mass is 449 g/mol. The van der Waals surface area contributed by atoms with Crippen LogP contribution in [0, 0.1) is 0 Å². The number of nitrogens with zero attached hydrogens (tertiary/aromatic N) is 3. The molecule has 0 aliphatic heterocycles. The van der Waals surface area contributed by atoms with Crippen molar-refractivity contribution in [2.45, 2.75) is 11.4 Å². The molecule has 0 bridgehead atoms. The van der Waals surface area contributed by atoms with Crippen molar-refractivity contribution in [2.24, 2.45) is 0 Å². The zero-order valence-electron chi connectivity index (χ0n) is 16.9. The Morgan fingerprint density at radius 1 is 1.06 bits per heavy atom. The number of rotatable bonds is 6. The number of methoxy groups -OCH3 is 1. The molecule has 0 N–H and O–H groups in total. The summed E-state index contributed by atoms with van der Waals surface area (Å²) in [5, 5.41) is 0.613. The van der Waals surface area contributed by atoms with E-state index in [4.69, 9.17) is 9.72 Å². The molecule has 2 heterocycles. The van der Waals surface area contributed by atoms with E-state index in [9.17, 15) is 9.59 Å². The van der Waals surface area contributed by atoms with Crippen molar-refractivity contribution in [3.63, 3.8) is 0 Å². The van der Waals surface area contributed by atoms with Gasteiger partial charge in [0.25, 0.3) is 5.91 Å². The first-order valence-electron chi connectivity index (χ1n) is 9.43. The van der Waals surface area contributed by atoms with Gasteiger partial charge in [0.05, 0.1) is 29.4 Å². The third-order valence-electron chi connectivity index (χ3n) is 4.68. The molecule has 0 saturated carbocycles. The van der Waals surface area contributed by atoms with Gasteiger partial charge in [-0.2, -0.15) is 0 Å². The van der Waals surface area contributed by atoms with Crippen LogP contribution in [0.25, 0.3) is 10.2 Å². The Kier molecular flexibility index (Phi) is 6.29. The Bertz CT molecular complexity index is 1220. The molecule has 0 radical (unpaired) electrons. The number of hydrogen-bond acceptors (Lipinski definition) is 7. The zero-order chi connectivity index (χ0) is 21.8. The van der Waals surface area contributed by atoms with Gasteiger partial charge >= 0.3 is 5.97 Å². The molecule has 31 heavy (non-hydrogen) atoms. The maximum atomic E-state index is 13.5. The molecule has 0 unspecified atom stereocenters. The van der Waals surface area contributed by atoms with Gasteiger partial charge in [0, 0.05) is 22.9 Å². The fourth-order valence-corrected chi connectivity index (χ4v) is 4.73. The largest absolute Gasteiger partial charge is 0.465 e. The van der Waals surface area contributed by atoms with E-state index in [1.54, 1.807) is 53.3 Å². The molecule has 4 aromatic rings.